The van der Waals surface area contributed by atoms with Gasteiger partial charge in [0.05, 0.1) is 0 Å². The van der Waals surface area contributed by atoms with Crippen molar-refractivity contribution < 1.29 is 14.7 Å². The number of carbonyl (C=O) groups is 2. The van der Waals surface area contributed by atoms with E-state index in [4.69, 9.17) is 0 Å². The number of nitrogens with zero attached hydrogens (tertiary/aromatic N) is 1. The lowest BCUT2D eigenvalue weighted by Gasteiger charge is -2.38. The van der Waals surface area contributed by atoms with Crippen LogP contribution in [0.5, 0.6) is 0 Å². The summed E-state index contributed by atoms with van der Waals surface area (Å²) in [5.74, 6) is -0.324. The van der Waals surface area contributed by atoms with Gasteiger partial charge in [0.15, 0.2) is 0 Å². The zero-order valence-corrected chi connectivity index (χ0v) is 18.2. The Morgan fingerprint density at radius 3 is 2.45 bits per heavy atom. The van der Waals surface area contributed by atoms with Gasteiger partial charge >= 0.3 is 6.09 Å². The van der Waals surface area contributed by atoms with E-state index in [0.717, 1.165) is 27.6 Å². The van der Waals surface area contributed by atoms with Crippen molar-refractivity contribution in [2.24, 2.45) is 0 Å². The molecule has 3 rings (SSSR count). The molecule has 1 atom stereocenters. The molecule has 1 unspecified atom stereocenters. The number of hydrogen-bond acceptors (Lipinski definition) is 2. The predicted octanol–water partition coefficient (Wildman–Crippen LogP) is 4.82. The first-order chi connectivity index (χ1) is 14.7. The Balaban J connectivity index is 1.87. The van der Waals surface area contributed by atoms with Crippen molar-refractivity contribution in [3.63, 3.8) is 0 Å². The summed E-state index contributed by atoms with van der Waals surface area (Å²) in [6.07, 6.45) is 2.76. The maximum absolute atomic E-state index is 13.3. The first-order valence-electron chi connectivity index (χ1n) is 10.3. The molecule has 1 aromatic heterocycles. The topological polar surface area (TPSA) is 85.4 Å². The van der Waals surface area contributed by atoms with Crippen molar-refractivity contribution >= 4 is 29.0 Å². The van der Waals surface area contributed by atoms with Crippen LogP contribution in [0, 0.1) is 0 Å². The molecule has 2 amide bonds. The van der Waals surface area contributed by atoms with Crippen molar-refractivity contribution in [3.05, 3.63) is 78.0 Å². The molecule has 6 nitrogen and oxygen atoms in total. The Morgan fingerprint density at radius 2 is 1.84 bits per heavy atom. The van der Waals surface area contributed by atoms with E-state index in [1.165, 1.54) is 4.90 Å². The lowest BCUT2D eigenvalue weighted by Crippen LogP contribution is -2.57. The number of rotatable bonds is 7. The minimum atomic E-state index is -1.12. The lowest BCUT2D eigenvalue weighted by molar-refractivity contribution is -0.127. The van der Waals surface area contributed by atoms with Crippen LogP contribution >= 0.6 is 0 Å². The van der Waals surface area contributed by atoms with Gasteiger partial charge in [0, 0.05) is 35.6 Å². The van der Waals surface area contributed by atoms with Gasteiger partial charge in [0.25, 0.3) is 0 Å². The Morgan fingerprint density at radius 1 is 1.16 bits per heavy atom. The second kappa shape index (κ2) is 9.08. The van der Waals surface area contributed by atoms with E-state index >= 15 is 0 Å². The second-order valence-corrected chi connectivity index (χ2v) is 8.57. The molecule has 31 heavy (non-hydrogen) atoms. The largest absolute Gasteiger partial charge is 0.465 e. The summed E-state index contributed by atoms with van der Waals surface area (Å²) >= 11 is 0. The van der Waals surface area contributed by atoms with Crippen molar-refractivity contribution in [2.45, 2.75) is 45.3 Å². The maximum Gasteiger partial charge on any atom is 0.408 e. The number of para-hydroxylation sites is 1. The summed E-state index contributed by atoms with van der Waals surface area (Å²) in [7, 11) is 0. The van der Waals surface area contributed by atoms with Gasteiger partial charge < -0.3 is 15.4 Å². The summed E-state index contributed by atoms with van der Waals surface area (Å²) in [4.78, 5) is 29.9. The van der Waals surface area contributed by atoms with Gasteiger partial charge in [-0.2, -0.15) is 0 Å². The molecule has 0 fully saturated rings. The van der Waals surface area contributed by atoms with Gasteiger partial charge in [0.2, 0.25) is 5.91 Å². The molecular weight excluding hydrogens is 390 g/mol. The highest BCUT2D eigenvalue weighted by atomic mass is 16.4. The van der Waals surface area contributed by atoms with Crippen LogP contribution in [0.2, 0.25) is 0 Å². The van der Waals surface area contributed by atoms with Gasteiger partial charge in [-0.3, -0.25) is 9.69 Å². The third-order valence-electron chi connectivity index (χ3n) is 5.31. The molecule has 2 aromatic carbocycles. The Bertz CT molecular complexity index is 1080. The summed E-state index contributed by atoms with van der Waals surface area (Å²) in [6.45, 7) is 9.45. The van der Waals surface area contributed by atoms with Crippen molar-refractivity contribution in [2.75, 3.05) is 0 Å². The van der Waals surface area contributed by atoms with Gasteiger partial charge in [0.1, 0.15) is 6.04 Å². The lowest BCUT2D eigenvalue weighted by atomic mass is 9.97. The number of nitrogens with one attached hydrogen (secondary N) is 2. The van der Waals surface area contributed by atoms with Gasteiger partial charge in [-0.25, -0.2) is 4.79 Å². The number of carboxylic acid groups (broad SMARTS) is 1. The molecule has 6 heteroatoms. The number of aromatic nitrogens is 1. The van der Waals surface area contributed by atoms with Crippen LogP contribution in [0.25, 0.3) is 17.0 Å². The molecule has 0 aliphatic rings. The fourth-order valence-corrected chi connectivity index (χ4v) is 3.78. The molecule has 3 N–H and O–H groups in total. The summed E-state index contributed by atoms with van der Waals surface area (Å²) in [5, 5.41) is 13.9. The molecule has 0 bridgehead atoms. The van der Waals surface area contributed by atoms with E-state index in [1.807, 2.05) is 54.7 Å². The van der Waals surface area contributed by atoms with Gasteiger partial charge in [-0.1, -0.05) is 55.1 Å². The highest BCUT2D eigenvalue weighted by Crippen LogP contribution is 2.25. The average molecular weight is 420 g/mol. The zero-order chi connectivity index (χ0) is 22.6. The van der Waals surface area contributed by atoms with Crippen LogP contribution in [0.4, 0.5) is 4.79 Å². The average Bonchev–Trinajstić information content (AvgIpc) is 3.13. The van der Waals surface area contributed by atoms with E-state index in [1.54, 1.807) is 26.8 Å². The van der Waals surface area contributed by atoms with Crippen molar-refractivity contribution in [3.8, 4) is 0 Å². The van der Waals surface area contributed by atoms with Crippen LogP contribution in [0.15, 0.2) is 61.3 Å². The van der Waals surface area contributed by atoms with E-state index in [0.29, 0.717) is 6.54 Å². The highest BCUT2D eigenvalue weighted by Gasteiger charge is 2.37. The standard InChI is InChI=1S/C25H29N3O3/c1-5-17-10-12-18(13-11-17)15-27-23(29)22(28(24(30)31)25(2,3)4)14-19-16-26-21-9-7-6-8-20(19)21/h5-13,16,22,26H,1,14-15H2,2-4H3,(H,27,29)(H,30,31). The minimum absolute atomic E-state index is 0.273. The molecule has 0 aliphatic carbocycles. The predicted molar refractivity (Wildman–Crippen MR) is 124 cm³/mol. The Hall–Kier alpha value is -3.54. The molecule has 0 saturated carbocycles. The van der Waals surface area contributed by atoms with Crippen LogP contribution < -0.4 is 5.32 Å². The number of fused-ring (bicyclic) bond motifs is 1. The number of aromatic amines is 1. The summed E-state index contributed by atoms with van der Waals surface area (Å²) in [5.41, 5.74) is 3.05. The number of carbonyl (C=O) groups excluding carboxylic acids is 1. The van der Waals surface area contributed by atoms with Gasteiger partial charge in [-0.15, -0.1) is 0 Å². The SMILES string of the molecule is C=Cc1ccc(CNC(=O)C(Cc2c[nH]c3ccccc23)N(C(=O)O)C(C)(C)C)cc1. The Kier molecular flexibility index (Phi) is 6.49. The number of amides is 2. The van der Waals surface area contributed by atoms with E-state index in [-0.39, 0.29) is 12.3 Å². The first-order valence-corrected chi connectivity index (χ1v) is 10.3. The highest BCUT2D eigenvalue weighted by molar-refractivity contribution is 5.88. The normalized spacial score (nSPS) is 12.4. The third-order valence-corrected chi connectivity index (χ3v) is 5.31. The van der Waals surface area contributed by atoms with Crippen LogP contribution in [0.3, 0.4) is 0 Å². The second-order valence-electron chi connectivity index (χ2n) is 8.57. The first kappa shape index (κ1) is 22.2. The molecule has 0 spiro atoms. The molecule has 3 aromatic rings. The zero-order valence-electron chi connectivity index (χ0n) is 18.2. The fourth-order valence-electron chi connectivity index (χ4n) is 3.78. The molecule has 0 saturated heterocycles. The van der Waals surface area contributed by atoms with Gasteiger partial charge in [-0.05, 0) is 43.5 Å². The summed E-state index contributed by atoms with van der Waals surface area (Å²) < 4.78 is 0. The number of benzene rings is 2. The van der Waals surface area contributed by atoms with E-state index in [9.17, 15) is 14.7 Å². The summed E-state index contributed by atoms with van der Waals surface area (Å²) in [6, 6.07) is 14.6. The monoisotopic (exact) mass is 419 g/mol. The smallest absolute Gasteiger partial charge is 0.408 e. The van der Waals surface area contributed by atoms with E-state index < -0.39 is 17.7 Å². The van der Waals surface area contributed by atoms with Crippen molar-refractivity contribution in [1.29, 1.82) is 0 Å². The Labute approximate surface area is 182 Å². The number of H-pyrrole nitrogens is 1. The number of hydrogen-bond donors (Lipinski definition) is 3. The molecular formula is C25H29N3O3. The van der Waals surface area contributed by atoms with Crippen LogP contribution in [0.1, 0.15) is 37.5 Å². The third kappa shape index (κ3) is 5.15. The molecule has 162 valence electrons. The molecule has 0 radical (unpaired) electrons. The molecule has 1 heterocycles. The van der Waals surface area contributed by atoms with E-state index in [2.05, 4.69) is 16.9 Å². The van der Waals surface area contributed by atoms with Crippen LogP contribution in [-0.4, -0.2) is 38.6 Å². The van der Waals surface area contributed by atoms with Crippen molar-refractivity contribution in [1.82, 2.24) is 15.2 Å². The molecule has 0 aliphatic heterocycles. The minimum Gasteiger partial charge on any atom is -0.465 e. The maximum atomic E-state index is 13.3. The fraction of sp³-hybridized carbons (Fsp3) is 0.280. The van der Waals surface area contributed by atoms with Crippen LogP contribution in [-0.2, 0) is 17.8 Å². The quantitative estimate of drug-likeness (QED) is 0.513.